The molecular weight excluding hydrogens is 444 g/mol. The minimum atomic E-state index is -0.410. The highest BCUT2D eigenvalue weighted by Crippen LogP contribution is 2.25. The Hall–Kier alpha value is -3.54. The second kappa shape index (κ2) is 14.0. The fourth-order valence-corrected chi connectivity index (χ4v) is 3.43. The molecule has 35 heavy (non-hydrogen) atoms. The van der Waals surface area contributed by atoms with Gasteiger partial charge in [-0.3, -0.25) is 0 Å². The van der Waals surface area contributed by atoms with Crippen LogP contribution in [0.3, 0.4) is 0 Å². The first-order chi connectivity index (χ1) is 16.7. The van der Waals surface area contributed by atoms with Crippen molar-refractivity contribution in [2.45, 2.75) is 47.0 Å². The van der Waals surface area contributed by atoms with Crippen LogP contribution in [0.1, 0.15) is 49.9 Å². The Labute approximate surface area is 208 Å². The van der Waals surface area contributed by atoms with Gasteiger partial charge in [0.2, 0.25) is 0 Å². The number of benzene rings is 2. The van der Waals surface area contributed by atoms with Crippen molar-refractivity contribution >= 4 is 11.9 Å². The fraction of sp³-hybridized carbons (Fsp3) is 0.379. The van der Waals surface area contributed by atoms with Gasteiger partial charge in [0, 0.05) is 11.1 Å². The lowest BCUT2D eigenvalue weighted by atomic mass is 9.94. The van der Waals surface area contributed by atoms with Crippen molar-refractivity contribution in [1.82, 2.24) is 0 Å². The first-order valence-electron chi connectivity index (χ1n) is 11.9. The molecule has 0 saturated heterocycles. The maximum Gasteiger partial charge on any atom is 0.333 e. The summed E-state index contributed by atoms with van der Waals surface area (Å²) in [5.41, 5.74) is 5.65. The van der Waals surface area contributed by atoms with Crippen molar-refractivity contribution in [3.05, 3.63) is 83.0 Å². The lowest BCUT2D eigenvalue weighted by Crippen LogP contribution is -2.12. The topological polar surface area (TPSA) is 71.1 Å². The van der Waals surface area contributed by atoms with Crippen LogP contribution in [0, 0.1) is 0 Å². The van der Waals surface area contributed by atoms with Crippen molar-refractivity contribution in [2.24, 2.45) is 0 Å². The molecule has 2 aromatic rings. The molecule has 0 N–H and O–H groups in total. The molecule has 0 unspecified atom stereocenters. The van der Waals surface area contributed by atoms with E-state index in [0.29, 0.717) is 11.1 Å². The molecule has 0 aliphatic heterocycles. The van der Waals surface area contributed by atoms with Crippen LogP contribution in [0.5, 0.6) is 11.5 Å². The van der Waals surface area contributed by atoms with E-state index in [-0.39, 0.29) is 26.4 Å². The van der Waals surface area contributed by atoms with E-state index < -0.39 is 11.9 Å². The number of carbonyl (C=O) groups is 2. The Morgan fingerprint density at radius 3 is 1.40 bits per heavy atom. The average Bonchev–Trinajstić information content (AvgIpc) is 2.85. The van der Waals surface area contributed by atoms with Gasteiger partial charge in [-0.2, -0.15) is 0 Å². The molecule has 0 atom stereocenters. The number of aryl methyl sites for hydroxylation is 2. The SMILES string of the molecule is C=C(C)C(=O)OCCOc1ccc(Cc2ccc(OCCOC(=O)C(=C)C)cc2CC)c(CC)c1. The molecule has 0 spiro atoms. The van der Waals surface area contributed by atoms with E-state index in [0.717, 1.165) is 30.8 Å². The minimum absolute atomic E-state index is 0.180. The molecule has 0 aliphatic rings. The van der Waals surface area contributed by atoms with Gasteiger partial charge in [0.15, 0.2) is 0 Å². The third-order valence-corrected chi connectivity index (χ3v) is 5.37. The summed E-state index contributed by atoms with van der Waals surface area (Å²) in [7, 11) is 0. The van der Waals surface area contributed by atoms with Crippen molar-refractivity contribution in [1.29, 1.82) is 0 Å². The van der Waals surface area contributed by atoms with E-state index in [9.17, 15) is 9.59 Å². The summed E-state index contributed by atoms with van der Waals surface area (Å²) in [6, 6.07) is 12.2. The Kier molecular flexibility index (Phi) is 11.1. The van der Waals surface area contributed by atoms with Crippen LogP contribution in [0.15, 0.2) is 60.7 Å². The third kappa shape index (κ3) is 8.96. The summed E-state index contributed by atoms with van der Waals surface area (Å²) in [4.78, 5) is 22.9. The summed E-state index contributed by atoms with van der Waals surface area (Å²) in [5, 5.41) is 0. The van der Waals surface area contributed by atoms with E-state index in [4.69, 9.17) is 18.9 Å². The van der Waals surface area contributed by atoms with Gasteiger partial charge >= 0.3 is 11.9 Å². The second-order valence-corrected chi connectivity index (χ2v) is 8.27. The van der Waals surface area contributed by atoms with Gasteiger partial charge in [-0.1, -0.05) is 39.1 Å². The van der Waals surface area contributed by atoms with Crippen molar-refractivity contribution in [3.63, 3.8) is 0 Å². The second-order valence-electron chi connectivity index (χ2n) is 8.27. The lowest BCUT2D eigenvalue weighted by Gasteiger charge is -2.15. The highest BCUT2D eigenvalue weighted by atomic mass is 16.6. The summed E-state index contributed by atoms with van der Waals surface area (Å²) < 4.78 is 21.7. The molecule has 0 heterocycles. The maximum absolute atomic E-state index is 11.5. The first-order valence-corrected chi connectivity index (χ1v) is 11.9. The van der Waals surface area contributed by atoms with Gasteiger partial charge in [0.25, 0.3) is 0 Å². The molecule has 0 amide bonds. The Morgan fingerprint density at radius 2 is 1.06 bits per heavy atom. The normalized spacial score (nSPS) is 10.4. The van der Waals surface area contributed by atoms with E-state index in [2.05, 4.69) is 39.1 Å². The molecule has 2 rings (SSSR count). The molecule has 0 aliphatic carbocycles. The predicted molar refractivity (Wildman–Crippen MR) is 137 cm³/mol. The zero-order valence-corrected chi connectivity index (χ0v) is 21.3. The molecule has 0 saturated carbocycles. The van der Waals surface area contributed by atoms with E-state index in [1.165, 1.54) is 22.3 Å². The van der Waals surface area contributed by atoms with Crippen LogP contribution in [-0.2, 0) is 38.3 Å². The molecule has 2 aromatic carbocycles. The number of hydrogen-bond acceptors (Lipinski definition) is 6. The summed E-state index contributed by atoms with van der Waals surface area (Å²) in [6.07, 6.45) is 2.56. The number of carbonyl (C=O) groups excluding carboxylic acids is 2. The molecule has 6 nitrogen and oxygen atoms in total. The summed E-state index contributed by atoms with van der Waals surface area (Å²) >= 11 is 0. The van der Waals surface area contributed by atoms with Crippen molar-refractivity contribution < 1.29 is 28.5 Å². The molecule has 6 heteroatoms. The standard InChI is InChI=1S/C29H36O6/c1-7-22-18-26(32-13-15-34-28(30)20(3)4)11-9-24(22)17-25-10-12-27(19-23(25)8-2)33-14-16-35-29(31)21(5)6/h9-12,18-19H,3,5,7-8,13-17H2,1-2,4,6H3. The van der Waals surface area contributed by atoms with Gasteiger partial charge in [0.1, 0.15) is 37.9 Å². The van der Waals surface area contributed by atoms with Crippen LogP contribution in [0.25, 0.3) is 0 Å². The van der Waals surface area contributed by atoms with Crippen LogP contribution < -0.4 is 9.47 Å². The summed E-state index contributed by atoms with van der Waals surface area (Å²) in [5.74, 6) is 0.688. The van der Waals surface area contributed by atoms with Crippen molar-refractivity contribution in [2.75, 3.05) is 26.4 Å². The zero-order valence-electron chi connectivity index (χ0n) is 21.3. The molecular formula is C29H36O6. The molecule has 0 fully saturated rings. The molecule has 0 bridgehead atoms. The van der Waals surface area contributed by atoms with Crippen LogP contribution >= 0.6 is 0 Å². The van der Waals surface area contributed by atoms with E-state index in [1.807, 2.05) is 24.3 Å². The Balaban J connectivity index is 1.98. The highest BCUT2D eigenvalue weighted by Gasteiger charge is 2.10. The average molecular weight is 481 g/mol. The highest BCUT2D eigenvalue weighted by molar-refractivity contribution is 5.87. The number of ether oxygens (including phenoxy) is 4. The third-order valence-electron chi connectivity index (χ3n) is 5.37. The fourth-order valence-electron chi connectivity index (χ4n) is 3.43. The van der Waals surface area contributed by atoms with Gasteiger partial charge < -0.3 is 18.9 Å². The number of rotatable bonds is 14. The molecule has 0 aromatic heterocycles. The van der Waals surface area contributed by atoms with E-state index >= 15 is 0 Å². The first kappa shape index (κ1) is 27.7. The van der Waals surface area contributed by atoms with Gasteiger partial charge in [-0.05, 0) is 79.6 Å². The molecule has 0 radical (unpaired) electrons. The number of esters is 2. The summed E-state index contributed by atoms with van der Waals surface area (Å²) in [6.45, 7) is 15.5. The zero-order chi connectivity index (χ0) is 25.8. The quantitative estimate of drug-likeness (QED) is 0.205. The predicted octanol–water partition coefficient (Wildman–Crippen LogP) is 5.40. The molecule has 188 valence electrons. The van der Waals surface area contributed by atoms with E-state index in [1.54, 1.807) is 13.8 Å². The lowest BCUT2D eigenvalue weighted by molar-refractivity contribution is -0.140. The Morgan fingerprint density at radius 1 is 0.657 bits per heavy atom. The smallest absolute Gasteiger partial charge is 0.333 e. The monoisotopic (exact) mass is 480 g/mol. The van der Waals surface area contributed by atoms with Crippen LogP contribution in [0.2, 0.25) is 0 Å². The van der Waals surface area contributed by atoms with Crippen LogP contribution in [0.4, 0.5) is 0 Å². The maximum atomic E-state index is 11.5. The van der Waals surface area contributed by atoms with Gasteiger partial charge in [-0.25, -0.2) is 9.59 Å². The minimum Gasteiger partial charge on any atom is -0.490 e. The van der Waals surface area contributed by atoms with Gasteiger partial charge in [0.05, 0.1) is 0 Å². The van der Waals surface area contributed by atoms with Crippen molar-refractivity contribution in [3.8, 4) is 11.5 Å². The van der Waals surface area contributed by atoms with Gasteiger partial charge in [-0.15, -0.1) is 0 Å². The number of hydrogen-bond donors (Lipinski definition) is 0. The Bertz CT molecular complexity index is 970. The largest absolute Gasteiger partial charge is 0.490 e. The van der Waals surface area contributed by atoms with Crippen LogP contribution in [-0.4, -0.2) is 38.4 Å².